The Bertz CT molecular complexity index is 3060. The fraction of sp³-hybridized carbons (Fsp3) is 0.172. The molecular formula is C58H46N2. The molecule has 14 rings (SSSR count). The molecule has 2 nitrogen and oxygen atoms in total. The van der Waals surface area contributed by atoms with Crippen LogP contribution < -0.4 is 4.90 Å². The second-order valence-corrected chi connectivity index (χ2v) is 18.1. The molecule has 5 aliphatic carbocycles. The maximum Gasteiger partial charge on any atom is 0.0561 e. The molecule has 0 aliphatic heterocycles. The third kappa shape index (κ3) is 4.94. The molecule has 4 fully saturated rings. The second kappa shape index (κ2) is 13.2. The highest BCUT2D eigenvalue weighted by atomic mass is 15.1. The maximum atomic E-state index is 2.57. The molecule has 5 aliphatic rings. The Hall–Kier alpha value is -6.64. The maximum absolute atomic E-state index is 2.57. The van der Waals surface area contributed by atoms with Crippen LogP contribution in [-0.2, 0) is 5.41 Å². The summed E-state index contributed by atoms with van der Waals surface area (Å²) in [6.45, 7) is 0. The number of nitrogens with zero attached hydrogens (tertiary/aromatic N) is 2. The van der Waals surface area contributed by atoms with Crippen LogP contribution in [0.4, 0.5) is 17.1 Å². The van der Waals surface area contributed by atoms with E-state index < -0.39 is 0 Å². The Labute approximate surface area is 352 Å². The number of para-hydroxylation sites is 2. The van der Waals surface area contributed by atoms with E-state index in [1.807, 2.05) is 0 Å². The monoisotopic (exact) mass is 770 g/mol. The van der Waals surface area contributed by atoms with Crippen LogP contribution in [0.5, 0.6) is 0 Å². The van der Waals surface area contributed by atoms with Crippen LogP contribution in [0, 0.1) is 23.7 Å². The van der Waals surface area contributed by atoms with E-state index in [0.717, 1.165) is 11.8 Å². The highest BCUT2D eigenvalue weighted by Gasteiger charge is 2.61. The van der Waals surface area contributed by atoms with Gasteiger partial charge in [0.25, 0.3) is 0 Å². The first-order chi connectivity index (χ1) is 29.7. The summed E-state index contributed by atoms with van der Waals surface area (Å²) in [5.41, 5.74) is 18.3. The van der Waals surface area contributed by atoms with E-state index in [4.69, 9.17) is 0 Å². The summed E-state index contributed by atoms with van der Waals surface area (Å²) in [5, 5.41) is 2.54. The number of hydrogen-bond acceptors (Lipinski definition) is 1. The molecule has 0 saturated heterocycles. The summed E-state index contributed by atoms with van der Waals surface area (Å²) in [7, 11) is 0. The average molecular weight is 771 g/mol. The van der Waals surface area contributed by atoms with Gasteiger partial charge >= 0.3 is 0 Å². The van der Waals surface area contributed by atoms with Gasteiger partial charge < -0.3 is 9.47 Å². The van der Waals surface area contributed by atoms with Crippen LogP contribution in [0.1, 0.15) is 43.2 Å². The quantitative estimate of drug-likeness (QED) is 0.163. The van der Waals surface area contributed by atoms with Gasteiger partial charge in [-0.2, -0.15) is 0 Å². The first kappa shape index (κ1) is 34.2. The van der Waals surface area contributed by atoms with Gasteiger partial charge in [-0.15, -0.1) is 0 Å². The van der Waals surface area contributed by atoms with Crippen LogP contribution in [0.15, 0.2) is 194 Å². The molecule has 8 aromatic carbocycles. The van der Waals surface area contributed by atoms with Crippen molar-refractivity contribution in [3.63, 3.8) is 0 Å². The summed E-state index contributed by atoms with van der Waals surface area (Å²) in [6.07, 6.45) is 6.97. The molecule has 0 N–H and O–H groups in total. The highest BCUT2D eigenvalue weighted by Crippen LogP contribution is 2.70. The number of hydrogen-bond donors (Lipinski definition) is 0. The van der Waals surface area contributed by atoms with Gasteiger partial charge in [-0.1, -0.05) is 146 Å². The van der Waals surface area contributed by atoms with Gasteiger partial charge in [-0.05, 0) is 143 Å². The van der Waals surface area contributed by atoms with Crippen LogP contribution in [-0.4, -0.2) is 4.57 Å². The van der Waals surface area contributed by atoms with Gasteiger partial charge in [-0.25, -0.2) is 0 Å². The van der Waals surface area contributed by atoms with Crippen molar-refractivity contribution in [3.8, 4) is 39.1 Å². The molecule has 0 radical (unpaired) electrons. The summed E-state index contributed by atoms with van der Waals surface area (Å²) >= 11 is 0. The molecule has 9 aromatic rings. The molecule has 0 atom stereocenters. The first-order valence-corrected chi connectivity index (χ1v) is 22.1. The van der Waals surface area contributed by atoms with E-state index in [1.54, 1.807) is 11.1 Å². The van der Waals surface area contributed by atoms with Gasteiger partial charge in [0.05, 0.1) is 16.7 Å². The Morgan fingerprint density at radius 3 is 1.68 bits per heavy atom. The van der Waals surface area contributed by atoms with Crippen LogP contribution in [0.3, 0.4) is 0 Å². The predicted octanol–water partition coefficient (Wildman–Crippen LogP) is 15.3. The Kier molecular flexibility index (Phi) is 7.52. The van der Waals surface area contributed by atoms with E-state index in [-0.39, 0.29) is 5.41 Å². The zero-order valence-corrected chi connectivity index (χ0v) is 33.7. The number of benzene rings is 8. The molecule has 1 spiro atoms. The van der Waals surface area contributed by atoms with Gasteiger partial charge in [0.15, 0.2) is 0 Å². The minimum Gasteiger partial charge on any atom is -0.310 e. The van der Waals surface area contributed by atoms with E-state index in [9.17, 15) is 0 Å². The standard InChI is InChI=1S/C58H46N2/c1-3-12-40(13-4-1)41-22-24-42(25-23-41)43-26-28-47(29-27-43)59(48-30-31-50-49-16-8-10-20-54(49)60(56(50)37-48)46-14-5-2-6-15-46)55-21-11-19-53-57(55)51-17-7-9-18-52(51)58(53)44-33-38-32-39(35-44)36-45(58)34-38/h1-31,37-39,44-45H,32-36H2. The smallest absolute Gasteiger partial charge is 0.0561 e. The number of rotatable bonds is 6. The third-order valence-corrected chi connectivity index (χ3v) is 15.2. The normalized spacial score (nSPS) is 22.1. The fourth-order valence-electron chi connectivity index (χ4n) is 13.0. The molecule has 1 heterocycles. The van der Waals surface area contributed by atoms with Crippen molar-refractivity contribution >= 4 is 38.9 Å². The molecule has 288 valence electrons. The zero-order valence-electron chi connectivity index (χ0n) is 33.7. The lowest BCUT2D eigenvalue weighted by Gasteiger charge is -2.61. The predicted molar refractivity (Wildman–Crippen MR) is 250 cm³/mol. The van der Waals surface area contributed by atoms with Gasteiger partial charge in [0, 0.05) is 38.8 Å². The van der Waals surface area contributed by atoms with E-state index >= 15 is 0 Å². The summed E-state index contributed by atoms with van der Waals surface area (Å²) in [6, 6.07) is 72.7. The summed E-state index contributed by atoms with van der Waals surface area (Å²) in [4.78, 5) is 2.57. The molecule has 2 heteroatoms. The van der Waals surface area contributed by atoms with Crippen molar-refractivity contribution in [3.05, 3.63) is 205 Å². The molecule has 4 saturated carbocycles. The number of aromatic nitrogens is 1. The second-order valence-electron chi connectivity index (χ2n) is 18.1. The molecule has 4 bridgehead atoms. The van der Waals surface area contributed by atoms with E-state index in [0.29, 0.717) is 11.8 Å². The average Bonchev–Trinajstić information content (AvgIpc) is 3.80. The molecule has 0 amide bonds. The number of anilines is 3. The van der Waals surface area contributed by atoms with Gasteiger partial charge in [0.1, 0.15) is 0 Å². The van der Waals surface area contributed by atoms with Crippen LogP contribution in [0.2, 0.25) is 0 Å². The van der Waals surface area contributed by atoms with Crippen molar-refractivity contribution in [2.45, 2.75) is 37.5 Å². The number of fused-ring (bicyclic) bond motifs is 6. The van der Waals surface area contributed by atoms with E-state index in [1.165, 1.54) is 110 Å². The first-order valence-electron chi connectivity index (χ1n) is 22.1. The zero-order chi connectivity index (χ0) is 39.4. The Balaban J connectivity index is 1.01. The van der Waals surface area contributed by atoms with Crippen molar-refractivity contribution in [2.24, 2.45) is 23.7 Å². The lowest BCUT2D eigenvalue weighted by atomic mass is 9.43. The lowest BCUT2D eigenvalue weighted by Crippen LogP contribution is -2.55. The third-order valence-electron chi connectivity index (χ3n) is 15.2. The summed E-state index contributed by atoms with van der Waals surface area (Å²) in [5.74, 6) is 3.24. The minimum atomic E-state index is 0.0977. The van der Waals surface area contributed by atoms with Crippen molar-refractivity contribution in [1.82, 2.24) is 4.57 Å². The Morgan fingerprint density at radius 1 is 0.417 bits per heavy atom. The van der Waals surface area contributed by atoms with Crippen molar-refractivity contribution < 1.29 is 0 Å². The Morgan fingerprint density at radius 2 is 0.967 bits per heavy atom. The van der Waals surface area contributed by atoms with Gasteiger partial charge in [0.2, 0.25) is 0 Å². The SMILES string of the molecule is c1ccc(-c2ccc(-c3ccc(N(c4ccc5c6ccccc6n(-c6ccccc6)c5c4)c4cccc5c4-c4ccccc4C54C5CC6CC(C5)CC4C6)cc3)cc2)cc1. The van der Waals surface area contributed by atoms with Crippen LogP contribution in [0.25, 0.3) is 60.9 Å². The van der Waals surface area contributed by atoms with Gasteiger partial charge in [-0.3, -0.25) is 0 Å². The molecule has 0 unspecified atom stereocenters. The lowest BCUT2D eigenvalue weighted by molar-refractivity contribution is -0.0399. The largest absolute Gasteiger partial charge is 0.310 e. The van der Waals surface area contributed by atoms with Crippen LogP contribution >= 0.6 is 0 Å². The summed E-state index contributed by atoms with van der Waals surface area (Å²) < 4.78 is 2.45. The topological polar surface area (TPSA) is 8.17 Å². The molecule has 60 heavy (non-hydrogen) atoms. The van der Waals surface area contributed by atoms with E-state index in [2.05, 4.69) is 204 Å². The molecular weight excluding hydrogens is 725 g/mol. The fourth-order valence-corrected chi connectivity index (χ4v) is 13.0. The van der Waals surface area contributed by atoms with Crippen molar-refractivity contribution in [2.75, 3.05) is 4.90 Å². The minimum absolute atomic E-state index is 0.0977. The molecule has 1 aromatic heterocycles. The van der Waals surface area contributed by atoms with Crippen molar-refractivity contribution in [1.29, 1.82) is 0 Å². The highest BCUT2D eigenvalue weighted by molar-refractivity contribution is 6.10.